The summed E-state index contributed by atoms with van der Waals surface area (Å²) < 4.78 is 16.1. The highest BCUT2D eigenvalue weighted by molar-refractivity contribution is 5.88. The first-order valence-electron chi connectivity index (χ1n) is 8.04. The van der Waals surface area contributed by atoms with Crippen molar-refractivity contribution in [3.05, 3.63) is 12.7 Å². The second-order valence-electron chi connectivity index (χ2n) is 6.40. The molecule has 0 bridgehead atoms. The summed E-state index contributed by atoms with van der Waals surface area (Å²) in [4.78, 5) is 15.5. The van der Waals surface area contributed by atoms with Gasteiger partial charge in [0.1, 0.15) is 30.5 Å². The normalized spacial score (nSPS) is 48.3. The number of carboxylic acids is 1. The summed E-state index contributed by atoms with van der Waals surface area (Å²) in [5.74, 6) is -2.51. The molecule has 1 unspecified atom stereocenters. The fourth-order valence-corrected chi connectivity index (χ4v) is 3.57. The van der Waals surface area contributed by atoms with Gasteiger partial charge in [0.15, 0.2) is 6.10 Å². The third-order valence-corrected chi connectivity index (χ3v) is 4.90. The summed E-state index contributed by atoms with van der Waals surface area (Å²) in [6.07, 6.45) is -10.8. The van der Waals surface area contributed by atoms with E-state index in [1.165, 1.54) is 6.08 Å². The fourth-order valence-electron chi connectivity index (χ4n) is 3.57. The molecule has 3 aliphatic rings. The summed E-state index contributed by atoms with van der Waals surface area (Å²) >= 11 is 0. The van der Waals surface area contributed by atoms with Crippen molar-refractivity contribution in [2.45, 2.75) is 55.1 Å². The van der Waals surface area contributed by atoms with Gasteiger partial charge in [-0.1, -0.05) is 6.58 Å². The molecule has 10 atom stereocenters. The Morgan fingerprint density at radius 2 is 1.81 bits per heavy atom. The quantitative estimate of drug-likeness (QED) is 0.290. The number of hydrogen-bond acceptors (Lipinski definition) is 10. The van der Waals surface area contributed by atoms with Gasteiger partial charge in [0, 0.05) is 5.92 Å². The number of carbonyl (C=O) groups is 1. The lowest BCUT2D eigenvalue weighted by Gasteiger charge is -2.48. The Kier molecular flexibility index (Phi) is 5.30. The number of aliphatic hydroxyl groups is 5. The minimum atomic E-state index is -1.85. The molecule has 3 rings (SSSR count). The molecule has 11 nitrogen and oxygen atoms in total. The molecule has 6 N–H and O–H groups in total. The van der Waals surface area contributed by atoms with E-state index in [1.807, 2.05) is 0 Å². The molecule has 146 valence electrons. The maximum Gasteiger partial charge on any atom is 0.335 e. The van der Waals surface area contributed by atoms with Crippen LogP contribution in [0.1, 0.15) is 0 Å². The van der Waals surface area contributed by atoms with Crippen LogP contribution < -0.4 is 0 Å². The van der Waals surface area contributed by atoms with Crippen LogP contribution in [0.3, 0.4) is 0 Å². The Bertz CT molecular complexity index is 597. The number of rotatable bonds is 4. The van der Waals surface area contributed by atoms with E-state index in [1.54, 1.807) is 0 Å². The number of aliphatic carboxylic acids is 1. The van der Waals surface area contributed by atoms with Gasteiger partial charge in [0.25, 0.3) is 0 Å². The average Bonchev–Trinajstić information content (AvgIpc) is 3.02. The third-order valence-electron chi connectivity index (χ3n) is 4.90. The molecule has 0 spiro atoms. The second kappa shape index (κ2) is 7.19. The summed E-state index contributed by atoms with van der Waals surface area (Å²) in [5.41, 5.74) is 0. The molecule has 2 saturated heterocycles. The fraction of sp³-hybridized carbons (Fsp3) is 0.733. The van der Waals surface area contributed by atoms with Gasteiger partial charge in [-0.2, -0.15) is 0 Å². The number of aliphatic hydroxyl groups excluding tert-OH is 5. The van der Waals surface area contributed by atoms with Gasteiger partial charge in [-0.3, -0.25) is 0 Å². The van der Waals surface area contributed by atoms with Gasteiger partial charge in [-0.25, -0.2) is 9.79 Å². The minimum Gasteiger partial charge on any atom is -0.479 e. The van der Waals surface area contributed by atoms with Crippen LogP contribution in [0, 0.1) is 5.92 Å². The molecule has 26 heavy (non-hydrogen) atoms. The molecule has 0 amide bonds. The van der Waals surface area contributed by atoms with E-state index in [0.717, 1.165) is 0 Å². The van der Waals surface area contributed by atoms with Crippen LogP contribution in [0.25, 0.3) is 0 Å². The maximum absolute atomic E-state index is 11.3. The van der Waals surface area contributed by atoms with E-state index in [9.17, 15) is 35.4 Å². The Morgan fingerprint density at radius 3 is 2.38 bits per heavy atom. The molecule has 0 saturated carbocycles. The van der Waals surface area contributed by atoms with Crippen molar-refractivity contribution in [2.24, 2.45) is 10.9 Å². The van der Waals surface area contributed by atoms with E-state index in [4.69, 9.17) is 14.2 Å². The van der Waals surface area contributed by atoms with Crippen LogP contribution in [-0.4, -0.2) is 104 Å². The van der Waals surface area contributed by atoms with E-state index < -0.39 is 73.6 Å². The number of nitrogens with zero attached hydrogens (tertiary/aromatic N) is 1. The zero-order valence-corrected chi connectivity index (χ0v) is 13.5. The molecule has 2 fully saturated rings. The first-order chi connectivity index (χ1) is 12.3. The van der Waals surface area contributed by atoms with E-state index in [-0.39, 0.29) is 5.90 Å². The largest absolute Gasteiger partial charge is 0.479 e. The zero-order valence-electron chi connectivity index (χ0n) is 13.5. The predicted octanol–water partition coefficient (Wildman–Crippen LogP) is -3.40. The molecular weight excluding hydrogens is 354 g/mol. The van der Waals surface area contributed by atoms with Gasteiger partial charge in [-0.15, -0.1) is 0 Å². The Labute approximate surface area is 147 Å². The van der Waals surface area contributed by atoms with Crippen molar-refractivity contribution in [3.63, 3.8) is 0 Å². The third kappa shape index (κ3) is 3.01. The first-order valence-corrected chi connectivity index (χ1v) is 8.04. The van der Waals surface area contributed by atoms with Crippen molar-refractivity contribution >= 4 is 11.9 Å². The minimum absolute atomic E-state index is 0.108. The summed E-state index contributed by atoms with van der Waals surface area (Å²) in [5, 5.41) is 59.4. The number of hydrogen-bond donors (Lipinski definition) is 6. The lowest BCUT2D eigenvalue weighted by Crippen LogP contribution is -2.67. The van der Waals surface area contributed by atoms with Crippen molar-refractivity contribution in [1.29, 1.82) is 0 Å². The Balaban J connectivity index is 1.95. The first kappa shape index (κ1) is 19.2. The summed E-state index contributed by atoms with van der Waals surface area (Å²) in [6, 6.07) is -0.905. The average molecular weight is 375 g/mol. The lowest BCUT2D eigenvalue weighted by molar-refractivity contribution is -0.279. The standard InChI is InChI=1S/C15H21NO10/c1-2-5-16-7-6(8(18)4(3-17)24-15(7)25-5)12-10(20)9(19)11(21)13(26-12)14(22)23/h2,4,6-13,15,17-21H,1,3H2,(H,22,23)/t4-,6?,7-,8-,9-,10-,11+,12+,13+,15-/m1/s1. The van der Waals surface area contributed by atoms with Gasteiger partial charge in [0.05, 0.1) is 18.8 Å². The molecular formula is C15H21NO10. The SMILES string of the molecule is C=CC1=N[C@@H]2C([C@@H]3O[C@H](C(=O)O)[C@@H](O)[C@H](O)[C@H]3O)[C@H](O)[C@@H](CO)O[C@@H]2O1. The van der Waals surface area contributed by atoms with Crippen LogP contribution in [-0.2, 0) is 19.0 Å². The molecule has 3 heterocycles. The van der Waals surface area contributed by atoms with Crippen LogP contribution in [0.4, 0.5) is 0 Å². The predicted molar refractivity (Wildman–Crippen MR) is 82.1 cm³/mol. The molecule has 3 aliphatic heterocycles. The highest BCUT2D eigenvalue weighted by atomic mass is 16.7. The van der Waals surface area contributed by atoms with Crippen molar-refractivity contribution in [3.8, 4) is 0 Å². The number of ether oxygens (including phenoxy) is 3. The van der Waals surface area contributed by atoms with Crippen LogP contribution in [0.5, 0.6) is 0 Å². The number of carboxylic acid groups (broad SMARTS) is 1. The van der Waals surface area contributed by atoms with Gasteiger partial charge < -0.3 is 44.8 Å². The van der Waals surface area contributed by atoms with E-state index in [0.29, 0.717) is 0 Å². The molecule has 0 radical (unpaired) electrons. The molecule has 0 aromatic heterocycles. The summed E-state index contributed by atoms with van der Waals surface area (Å²) in [7, 11) is 0. The van der Waals surface area contributed by atoms with Crippen molar-refractivity contribution in [2.75, 3.05) is 6.61 Å². The van der Waals surface area contributed by atoms with Crippen LogP contribution in [0.2, 0.25) is 0 Å². The maximum atomic E-state index is 11.3. The number of fused-ring (bicyclic) bond motifs is 1. The van der Waals surface area contributed by atoms with Gasteiger partial charge in [0.2, 0.25) is 12.2 Å². The van der Waals surface area contributed by atoms with E-state index >= 15 is 0 Å². The molecule has 0 aromatic rings. The van der Waals surface area contributed by atoms with E-state index in [2.05, 4.69) is 11.6 Å². The monoisotopic (exact) mass is 375 g/mol. The second-order valence-corrected chi connectivity index (χ2v) is 6.40. The Morgan fingerprint density at radius 1 is 1.12 bits per heavy atom. The lowest BCUT2D eigenvalue weighted by atomic mass is 9.78. The smallest absolute Gasteiger partial charge is 0.335 e. The highest BCUT2D eigenvalue weighted by Crippen LogP contribution is 2.39. The van der Waals surface area contributed by atoms with Gasteiger partial charge in [-0.05, 0) is 6.08 Å². The van der Waals surface area contributed by atoms with Crippen molar-refractivity contribution in [1.82, 2.24) is 0 Å². The van der Waals surface area contributed by atoms with Gasteiger partial charge >= 0.3 is 5.97 Å². The van der Waals surface area contributed by atoms with Crippen LogP contribution in [0.15, 0.2) is 17.6 Å². The number of aliphatic imine (C=N–C) groups is 1. The molecule has 11 heteroatoms. The van der Waals surface area contributed by atoms with Crippen LogP contribution >= 0.6 is 0 Å². The molecule has 0 aliphatic carbocycles. The topological polar surface area (TPSA) is 178 Å². The highest BCUT2D eigenvalue weighted by Gasteiger charge is 2.58. The molecule has 0 aromatic carbocycles. The summed E-state index contributed by atoms with van der Waals surface area (Å²) in [6.45, 7) is 2.93. The zero-order chi connectivity index (χ0) is 19.2. The Hall–Kier alpha value is -1.60. The van der Waals surface area contributed by atoms with Crippen molar-refractivity contribution < 1.29 is 49.6 Å².